The van der Waals surface area contributed by atoms with E-state index in [1.807, 2.05) is 11.8 Å². The van der Waals surface area contributed by atoms with E-state index in [2.05, 4.69) is 38.1 Å². The Morgan fingerprint density at radius 2 is 2.00 bits per heavy atom. The Bertz CT molecular complexity index is 350. The van der Waals surface area contributed by atoms with Crippen LogP contribution in [0.2, 0.25) is 0 Å². The average Bonchev–Trinajstić information content (AvgIpc) is 2.33. The number of thioether (sulfide) groups is 1. The third kappa shape index (κ3) is 3.47. The summed E-state index contributed by atoms with van der Waals surface area (Å²) in [6, 6.07) is 9.08. The van der Waals surface area contributed by atoms with Gasteiger partial charge in [0.1, 0.15) is 0 Å². The first-order valence-electron chi connectivity index (χ1n) is 6.27. The van der Waals surface area contributed by atoms with E-state index in [4.69, 9.17) is 10.5 Å². The highest BCUT2D eigenvalue weighted by Gasteiger charge is 2.23. The molecular weight excluding hydrogens is 230 g/mol. The molecule has 1 aromatic rings. The van der Waals surface area contributed by atoms with Gasteiger partial charge >= 0.3 is 0 Å². The summed E-state index contributed by atoms with van der Waals surface area (Å²) in [5, 5.41) is 0.397. The third-order valence-corrected chi connectivity index (χ3v) is 4.52. The Hall–Kier alpha value is -0.510. The summed E-state index contributed by atoms with van der Waals surface area (Å²) in [5.74, 6) is 0.592. The summed E-state index contributed by atoms with van der Waals surface area (Å²) >= 11 is 1.84. The molecule has 1 aromatic carbocycles. The Kier molecular flexibility index (Phi) is 4.48. The molecule has 94 valence electrons. The van der Waals surface area contributed by atoms with Crippen molar-refractivity contribution in [2.45, 2.75) is 42.4 Å². The van der Waals surface area contributed by atoms with Crippen LogP contribution >= 0.6 is 11.8 Å². The number of ether oxygens (including phenoxy) is 1. The lowest BCUT2D eigenvalue weighted by Crippen LogP contribution is -2.40. The standard InChI is InChI=1S/C14H21NOS/c1-10(2)11-3-5-12(6-4-11)17-14-9-16-8-7-13(14)15/h3-6,10,13-14H,7-9,15H2,1-2H3. The first-order valence-corrected chi connectivity index (χ1v) is 7.14. The predicted molar refractivity (Wildman–Crippen MR) is 73.6 cm³/mol. The van der Waals surface area contributed by atoms with Crippen molar-refractivity contribution in [2.24, 2.45) is 5.73 Å². The van der Waals surface area contributed by atoms with E-state index in [0.29, 0.717) is 11.2 Å². The number of nitrogens with two attached hydrogens (primary N) is 1. The van der Waals surface area contributed by atoms with Crippen LogP contribution < -0.4 is 5.73 Å². The molecule has 0 aliphatic carbocycles. The van der Waals surface area contributed by atoms with Crippen LogP contribution in [0.25, 0.3) is 0 Å². The fraction of sp³-hybridized carbons (Fsp3) is 0.571. The second-order valence-corrected chi connectivity index (χ2v) is 6.22. The van der Waals surface area contributed by atoms with Crippen molar-refractivity contribution in [2.75, 3.05) is 13.2 Å². The molecule has 0 radical (unpaired) electrons. The molecule has 1 heterocycles. The first kappa shape index (κ1) is 12.9. The molecule has 2 N–H and O–H groups in total. The second-order valence-electron chi connectivity index (χ2n) is 4.91. The molecule has 17 heavy (non-hydrogen) atoms. The largest absolute Gasteiger partial charge is 0.380 e. The molecular formula is C14H21NOS. The molecule has 0 aromatic heterocycles. The summed E-state index contributed by atoms with van der Waals surface area (Å²) in [4.78, 5) is 1.29. The monoisotopic (exact) mass is 251 g/mol. The fourth-order valence-electron chi connectivity index (χ4n) is 1.96. The Balaban J connectivity index is 1.98. The summed E-state index contributed by atoms with van der Waals surface area (Å²) in [7, 11) is 0. The minimum atomic E-state index is 0.263. The summed E-state index contributed by atoms with van der Waals surface area (Å²) < 4.78 is 5.49. The smallest absolute Gasteiger partial charge is 0.0603 e. The van der Waals surface area contributed by atoms with Gasteiger partial charge < -0.3 is 10.5 Å². The quantitative estimate of drug-likeness (QED) is 0.897. The van der Waals surface area contributed by atoms with Crippen LogP contribution in [0.5, 0.6) is 0 Å². The predicted octanol–water partition coefficient (Wildman–Crippen LogP) is 3.02. The maximum absolute atomic E-state index is 6.10. The van der Waals surface area contributed by atoms with Crippen molar-refractivity contribution in [3.8, 4) is 0 Å². The minimum Gasteiger partial charge on any atom is -0.380 e. The lowest BCUT2D eigenvalue weighted by molar-refractivity contribution is 0.0916. The highest BCUT2D eigenvalue weighted by atomic mass is 32.2. The van der Waals surface area contributed by atoms with Crippen LogP contribution in [0, 0.1) is 0 Å². The molecule has 1 aliphatic heterocycles. The van der Waals surface area contributed by atoms with E-state index in [1.54, 1.807) is 0 Å². The van der Waals surface area contributed by atoms with Gasteiger partial charge in [-0.25, -0.2) is 0 Å². The van der Waals surface area contributed by atoms with Gasteiger partial charge in [0.05, 0.1) is 6.61 Å². The van der Waals surface area contributed by atoms with Gasteiger partial charge in [0.15, 0.2) is 0 Å². The number of hydrogen-bond acceptors (Lipinski definition) is 3. The molecule has 2 unspecified atom stereocenters. The highest BCUT2D eigenvalue weighted by Crippen LogP contribution is 2.29. The number of benzene rings is 1. The topological polar surface area (TPSA) is 35.2 Å². The zero-order valence-corrected chi connectivity index (χ0v) is 11.4. The zero-order chi connectivity index (χ0) is 12.3. The van der Waals surface area contributed by atoms with Gasteiger partial charge in [-0.05, 0) is 30.0 Å². The van der Waals surface area contributed by atoms with Crippen LogP contribution in [0.4, 0.5) is 0 Å². The van der Waals surface area contributed by atoms with E-state index >= 15 is 0 Å². The van der Waals surface area contributed by atoms with Crippen LogP contribution in [0.15, 0.2) is 29.2 Å². The van der Waals surface area contributed by atoms with Gasteiger partial charge in [-0.2, -0.15) is 0 Å². The molecule has 2 nitrogen and oxygen atoms in total. The maximum atomic E-state index is 6.10. The molecule has 1 fully saturated rings. The molecule has 0 saturated carbocycles. The molecule has 3 heteroatoms. The van der Waals surface area contributed by atoms with Crippen molar-refractivity contribution >= 4 is 11.8 Å². The van der Waals surface area contributed by atoms with Gasteiger partial charge in [-0.3, -0.25) is 0 Å². The van der Waals surface area contributed by atoms with E-state index in [9.17, 15) is 0 Å². The summed E-state index contributed by atoms with van der Waals surface area (Å²) in [5.41, 5.74) is 7.49. The molecule has 2 rings (SSSR count). The van der Waals surface area contributed by atoms with Crippen LogP contribution in [-0.4, -0.2) is 24.5 Å². The van der Waals surface area contributed by atoms with E-state index in [-0.39, 0.29) is 6.04 Å². The van der Waals surface area contributed by atoms with E-state index < -0.39 is 0 Å². The van der Waals surface area contributed by atoms with E-state index in [0.717, 1.165) is 19.6 Å². The summed E-state index contributed by atoms with van der Waals surface area (Å²) in [6.45, 7) is 6.02. The van der Waals surface area contributed by atoms with Crippen molar-refractivity contribution in [1.82, 2.24) is 0 Å². The van der Waals surface area contributed by atoms with Crippen LogP contribution in [-0.2, 0) is 4.74 Å². The van der Waals surface area contributed by atoms with Crippen molar-refractivity contribution in [3.63, 3.8) is 0 Å². The minimum absolute atomic E-state index is 0.263. The first-order chi connectivity index (χ1) is 8.16. The number of rotatable bonds is 3. The highest BCUT2D eigenvalue weighted by molar-refractivity contribution is 8.00. The number of hydrogen-bond donors (Lipinski definition) is 1. The van der Waals surface area contributed by atoms with Crippen molar-refractivity contribution in [3.05, 3.63) is 29.8 Å². The van der Waals surface area contributed by atoms with Gasteiger partial charge in [-0.15, -0.1) is 11.8 Å². The van der Waals surface area contributed by atoms with Crippen molar-refractivity contribution in [1.29, 1.82) is 0 Å². The van der Waals surface area contributed by atoms with Gasteiger partial charge in [0.2, 0.25) is 0 Å². The van der Waals surface area contributed by atoms with Gasteiger partial charge in [0.25, 0.3) is 0 Å². The van der Waals surface area contributed by atoms with Gasteiger partial charge in [-0.1, -0.05) is 26.0 Å². The molecule has 1 aliphatic rings. The maximum Gasteiger partial charge on any atom is 0.0603 e. The Morgan fingerprint density at radius 1 is 1.29 bits per heavy atom. The molecule has 2 atom stereocenters. The fourth-order valence-corrected chi connectivity index (χ4v) is 3.07. The second kappa shape index (κ2) is 5.89. The molecule has 1 saturated heterocycles. The third-order valence-electron chi connectivity index (χ3n) is 3.19. The zero-order valence-electron chi connectivity index (χ0n) is 10.6. The van der Waals surface area contributed by atoms with Crippen LogP contribution in [0.1, 0.15) is 31.7 Å². The van der Waals surface area contributed by atoms with Gasteiger partial charge in [0, 0.05) is 22.8 Å². The normalized spacial score (nSPS) is 25.2. The van der Waals surface area contributed by atoms with E-state index in [1.165, 1.54) is 10.5 Å². The Labute approximate surface area is 108 Å². The van der Waals surface area contributed by atoms with Crippen LogP contribution in [0.3, 0.4) is 0 Å². The molecule has 0 spiro atoms. The molecule has 0 amide bonds. The summed E-state index contributed by atoms with van der Waals surface area (Å²) in [6.07, 6.45) is 0.974. The van der Waals surface area contributed by atoms with Crippen molar-refractivity contribution < 1.29 is 4.74 Å². The Morgan fingerprint density at radius 3 is 2.59 bits per heavy atom. The average molecular weight is 251 g/mol. The SMILES string of the molecule is CC(C)c1ccc(SC2COCCC2N)cc1. The molecule has 0 bridgehead atoms. The lowest BCUT2D eigenvalue weighted by atomic mass is 10.0. The lowest BCUT2D eigenvalue weighted by Gasteiger charge is -2.28.